The summed E-state index contributed by atoms with van der Waals surface area (Å²) in [6, 6.07) is 14.4. The molecule has 2 rings (SSSR count). The van der Waals surface area contributed by atoms with Gasteiger partial charge in [0.25, 0.3) is 0 Å². The molecule has 0 amide bonds. The van der Waals surface area contributed by atoms with Gasteiger partial charge in [-0.15, -0.1) is 0 Å². The van der Waals surface area contributed by atoms with E-state index in [1.165, 1.54) is 13.2 Å². The summed E-state index contributed by atoms with van der Waals surface area (Å²) in [6.07, 6.45) is 1.24. The van der Waals surface area contributed by atoms with Crippen molar-refractivity contribution in [3.8, 4) is 11.5 Å². The molecule has 0 radical (unpaired) electrons. The van der Waals surface area contributed by atoms with E-state index >= 15 is 0 Å². The van der Waals surface area contributed by atoms with Crippen LogP contribution in [-0.4, -0.2) is 27.9 Å². The van der Waals surface area contributed by atoms with E-state index in [9.17, 15) is 15.0 Å². The number of hydrogen-bond acceptors (Lipinski definition) is 4. The molecule has 0 atom stereocenters. The molecule has 2 aromatic rings. The minimum atomic E-state index is -0.941. The molecule has 0 aliphatic rings. The highest BCUT2D eigenvalue weighted by Gasteiger charge is 2.22. The van der Waals surface area contributed by atoms with Crippen molar-refractivity contribution < 1.29 is 24.9 Å². The fraction of sp³-hybridized carbons (Fsp3) is 0.286. The lowest BCUT2D eigenvalue weighted by molar-refractivity contribution is -0.132. The average Bonchev–Trinajstić information content (AvgIpc) is 2.61. The van der Waals surface area contributed by atoms with Gasteiger partial charge in [-0.2, -0.15) is 0 Å². The minimum absolute atomic E-state index is 0.151. The Bertz CT molecular complexity index is 681. The molecule has 0 saturated heterocycles. The van der Waals surface area contributed by atoms with E-state index in [1.807, 2.05) is 24.3 Å². The quantitative estimate of drug-likeness (QED) is 0.543. The first-order valence-corrected chi connectivity index (χ1v) is 8.29. The molecule has 0 spiro atoms. The van der Waals surface area contributed by atoms with E-state index in [4.69, 9.17) is 9.84 Å². The lowest BCUT2D eigenvalue weighted by Crippen LogP contribution is -2.18. The Balaban J connectivity index is 0.000000321. The number of rotatable bonds is 5. The van der Waals surface area contributed by atoms with Gasteiger partial charge in [-0.25, -0.2) is 4.79 Å². The number of aromatic hydroxyl groups is 2. The Morgan fingerprint density at radius 2 is 1.35 bits per heavy atom. The van der Waals surface area contributed by atoms with Gasteiger partial charge >= 0.3 is 5.97 Å². The summed E-state index contributed by atoms with van der Waals surface area (Å²) in [4.78, 5) is 10.1. The van der Waals surface area contributed by atoms with Crippen molar-refractivity contribution in [2.45, 2.75) is 33.1 Å². The highest BCUT2D eigenvalue weighted by Crippen LogP contribution is 2.32. The molecule has 0 aliphatic heterocycles. The van der Waals surface area contributed by atoms with Crippen LogP contribution in [0.2, 0.25) is 0 Å². The van der Waals surface area contributed by atoms with Gasteiger partial charge in [0.1, 0.15) is 11.5 Å². The number of hydrogen-bond donors (Lipinski definition) is 3. The number of carboxylic acids is 1. The number of carboxylic acid groups (broad SMARTS) is 1. The molecule has 0 bridgehead atoms. The first-order chi connectivity index (χ1) is 12.2. The third kappa shape index (κ3) is 6.16. The van der Waals surface area contributed by atoms with E-state index in [0.29, 0.717) is 6.61 Å². The Morgan fingerprint density at radius 3 is 1.65 bits per heavy atom. The third-order valence-electron chi connectivity index (χ3n) is 3.94. The van der Waals surface area contributed by atoms with E-state index < -0.39 is 5.97 Å². The lowest BCUT2D eigenvalue weighted by Gasteiger charge is -2.26. The highest BCUT2D eigenvalue weighted by molar-refractivity contribution is 5.85. The van der Waals surface area contributed by atoms with Crippen LogP contribution in [0.15, 0.2) is 60.4 Å². The van der Waals surface area contributed by atoms with Gasteiger partial charge in [0.05, 0.1) is 18.4 Å². The van der Waals surface area contributed by atoms with Crippen LogP contribution in [0, 0.1) is 0 Å². The molecular formula is C21H26O5. The molecule has 0 saturated carbocycles. The smallest absolute Gasteiger partial charge is 0.334 e. The van der Waals surface area contributed by atoms with E-state index in [1.54, 1.807) is 31.2 Å². The zero-order valence-corrected chi connectivity index (χ0v) is 15.6. The summed E-state index contributed by atoms with van der Waals surface area (Å²) < 4.78 is 4.71. The molecule has 5 nitrogen and oxygen atoms in total. The Morgan fingerprint density at radius 1 is 0.962 bits per heavy atom. The fourth-order valence-corrected chi connectivity index (χ4v) is 2.18. The maximum absolute atomic E-state index is 10.1. The second kappa shape index (κ2) is 9.51. The van der Waals surface area contributed by atoms with Crippen LogP contribution < -0.4 is 0 Å². The van der Waals surface area contributed by atoms with E-state index in [0.717, 1.165) is 11.1 Å². The first-order valence-electron chi connectivity index (χ1n) is 8.29. The predicted molar refractivity (Wildman–Crippen MR) is 101 cm³/mol. The van der Waals surface area contributed by atoms with E-state index in [-0.39, 0.29) is 22.5 Å². The molecule has 0 aromatic heterocycles. The Hall–Kier alpha value is -2.95. The number of aliphatic carboxylic acids is 1. The predicted octanol–water partition coefficient (Wildman–Crippen LogP) is 4.44. The Kier molecular flexibility index (Phi) is 7.72. The zero-order valence-electron chi connectivity index (χ0n) is 15.6. The molecule has 0 fully saturated rings. The van der Waals surface area contributed by atoms with Crippen molar-refractivity contribution in [1.29, 1.82) is 0 Å². The number of phenols is 2. The minimum Gasteiger partial charge on any atom is -0.508 e. The lowest BCUT2D eigenvalue weighted by atomic mass is 9.78. The molecule has 140 valence electrons. The van der Waals surface area contributed by atoms with Gasteiger partial charge < -0.3 is 20.1 Å². The zero-order chi connectivity index (χ0) is 19.7. The number of phenolic OH excluding ortho intramolecular Hbond substituents is 2. The summed E-state index contributed by atoms with van der Waals surface area (Å²) in [5.41, 5.74) is 2.32. The normalized spacial score (nSPS) is 11.3. The van der Waals surface area contributed by atoms with Crippen LogP contribution in [0.5, 0.6) is 11.5 Å². The maximum atomic E-state index is 10.1. The Labute approximate surface area is 154 Å². The summed E-state index contributed by atoms with van der Waals surface area (Å²) in [5, 5.41) is 26.9. The number of ether oxygens (including phenoxy) is 1. The van der Waals surface area contributed by atoms with E-state index in [2.05, 4.69) is 13.8 Å². The number of carbonyl (C=O) groups is 1. The van der Waals surface area contributed by atoms with Crippen molar-refractivity contribution in [1.82, 2.24) is 0 Å². The van der Waals surface area contributed by atoms with Crippen molar-refractivity contribution >= 4 is 5.97 Å². The molecule has 26 heavy (non-hydrogen) atoms. The maximum Gasteiger partial charge on any atom is 0.334 e. The van der Waals surface area contributed by atoms with Crippen LogP contribution >= 0.6 is 0 Å². The number of benzene rings is 2. The molecule has 0 unspecified atom stereocenters. The van der Waals surface area contributed by atoms with Crippen LogP contribution in [-0.2, 0) is 14.9 Å². The van der Waals surface area contributed by atoms with Crippen molar-refractivity contribution in [3.63, 3.8) is 0 Å². The van der Waals surface area contributed by atoms with Crippen LogP contribution in [0.3, 0.4) is 0 Å². The van der Waals surface area contributed by atoms with Crippen molar-refractivity contribution in [3.05, 3.63) is 71.5 Å². The average molecular weight is 358 g/mol. The van der Waals surface area contributed by atoms with Gasteiger partial charge in [-0.3, -0.25) is 0 Å². The molecular weight excluding hydrogens is 332 g/mol. The SMILES string of the molecule is CC(C)(c1ccc(O)cc1)c1ccc(O)cc1.CCOC=C(C)C(=O)O. The van der Waals surface area contributed by atoms with Gasteiger partial charge in [0.2, 0.25) is 0 Å². The second-order valence-electron chi connectivity index (χ2n) is 6.28. The van der Waals surface area contributed by atoms with Crippen LogP contribution in [0.25, 0.3) is 0 Å². The van der Waals surface area contributed by atoms with Crippen molar-refractivity contribution in [2.24, 2.45) is 0 Å². The summed E-state index contributed by atoms with van der Waals surface area (Å²) >= 11 is 0. The molecule has 0 aliphatic carbocycles. The first kappa shape index (κ1) is 21.1. The summed E-state index contributed by atoms with van der Waals surface area (Å²) in [6.45, 7) is 8.02. The van der Waals surface area contributed by atoms with Gasteiger partial charge in [0.15, 0.2) is 0 Å². The second-order valence-corrected chi connectivity index (χ2v) is 6.28. The van der Waals surface area contributed by atoms with Crippen LogP contribution in [0.1, 0.15) is 38.8 Å². The third-order valence-corrected chi connectivity index (χ3v) is 3.94. The summed E-state index contributed by atoms with van der Waals surface area (Å²) in [7, 11) is 0. The van der Waals surface area contributed by atoms with Crippen molar-refractivity contribution in [2.75, 3.05) is 6.61 Å². The molecule has 0 heterocycles. The standard InChI is InChI=1S/C15H16O2.C6H10O3/c1-15(2,11-3-7-13(16)8-4-11)12-5-9-14(17)10-6-12;1-3-9-4-5(2)6(7)8/h3-10,16-17H,1-2H3;4H,3H2,1-2H3,(H,7,8). The molecule has 2 aromatic carbocycles. The largest absolute Gasteiger partial charge is 0.508 e. The van der Waals surface area contributed by atoms with Gasteiger partial charge in [-0.1, -0.05) is 38.1 Å². The van der Waals surface area contributed by atoms with Gasteiger partial charge in [-0.05, 0) is 49.2 Å². The van der Waals surface area contributed by atoms with Crippen LogP contribution in [0.4, 0.5) is 0 Å². The molecule has 5 heteroatoms. The molecule has 3 N–H and O–H groups in total. The fourth-order valence-electron chi connectivity index (χ4n) is 2.18. The monoisotopic (exact) mass is 358 g/mol. The summed E-state index contributed by atoms with van der Waals surface area (Å²) in [5.74, 6) is -0.394. The highest BCUT2D eigenvalue weighted by atomic mass is 16.5. The topological polar surface area (TPSA) is 87.0 Å². The van der Waals surface area contributed by atoms with Gasteiger partial charge in [0, 0.05) is 5.41 Å².